The summed E-state index contributed by atoms with van der Waals surface area (Å²) in [6.07, 6.45) is 5.52. The van der Waals surface area contributed by atoms with Crippen molar-refractivity contribution in [2.45, 2.75) is 13.3 Å². The summed E-state index contributed by atoms with van der Waals surface area (Å²) in [5.41, 5.74) is 1.96. The van der Waals surface area contributed by atoms with E-state index >= 15 is 0 Å². The van der Waals surface area contributed by atoms with Gasteiger partial charge in [-0.3, -0.25) is 4.79 Å². The van der Waals surface area contributed by atoms with Crippen molar-refractivity contribution in [2.75, 3.05) is 21.3 Å². The smallest absolute Gasteiger partial charge is 0.274 e. The van der Waals surface area contributed by atoms with Gasteiger partial charge in [0, 0.05) is 25.6 Å². The van der Waals surface area contributed by atoms with Gasteiger partial charge in [-0.15, -0.1) is 0 Å². The second-order valence-electron chi connectivity index (χ2n) is 6.87. The molecule has 9 heteroatoms. The number of imidazole rings is 1. The number of benzene rings is 1. The molecule has 0 saturated heterocycles. The van der Waals surface area contributed by atoms with E-state index in [0.717, 1.165) is 11.3 Å². The lowest BCUT2D eigenvalue weighted by Gasteiger charge is -2.15. The first-order chi connectivity index (χ1) is 15.1. The Morgan fingerprint density at radius 3 is 2.52 bits per heavy atom. The van der Waals surface area contributed by atoms with E-state index in [0.29, 0.717) is 29.5 Å². The topological polar surface area (TPSA) is 83.1 Å². The number of pyridine rings is 1. The van der Waals surface area contributed by atoms with Crippen LogP contribution < -0.4 is 14.2 Å². The van der Waals surface area contributed by atoms with Crippen LogP contribution in [0.15, 0.2) is 61.1 Å². The number of nitrogens with zero attached hydrogens (tertiary/aromatic N) is 5. The number of methoxy groups -OCH3 is 2. The minimum absolute atomic E-state index is 0.0974. The summed E-state index contributed by atoms with van der Waals surface area (Å²) in [5, 5.41) is 4.33. The summed E-state index contributed by atoms with van der Waals surface area (Å²) < 4.78 is 19.9. The van der Waals surface area contributed by atoms with E-state index in [9.17, 15) is 4.79 Å². The molecule has 31 heavy (non-hydrogen) atoms. The van der Waals surface area contributed by atoms with Crippen LogP contribution >= 0.6 is 0 Å². The number of ether oxygens (including phenoxy) is 3. The zero-order chi connectivity index (χ0) is 21.8. The second-order valence-corrected chi connectivity index (χ2v) is 6.87. The minimum Gasteiger partial charge on any atom is -0.493 e. The van der Waals surface area contributed by atoms with Crippen molar-refractivity contribution in [2.24, 2.45) is 0 Å². The molecule has 3 aromatic heterocycles. The fourth-order valence-corrected chi connectivity index (χ4v) is 3.21. The third-order valence-corrected chi connectivity index (χ3v) is 4.74. The van der Waals surface area contributed by atoms with Crippen LogP contribution in [0.2, 0.25) is 0 Å². The van der Waals surface area contributed by atoms with Crippen LogP contribution in [0.1, 0.15) is 16.2 Å². The van der Waals surface area contributed by atoms with Crippen LogP contribution in [0, 0.1) is 0 Å². The molecule has 0 aliphatic rings. The first-order valence-corrected chi connectivity index (χ1v) is 9.64. The van der Waals surface area contributed by atoms with Gasteiger partial charge in [0.25, 0.3) is 5.91 Å². The number of amides is 1. The van der Waals surface area contributed by atoms with E-state index in [2.05, 4.69) is 10.1 Å². The van der Waals surface area contributed by atoms with Crippen LogP contribution in [0.25, 0.3) is 5.65 Å². The molecule has 1 amide bonds. The van der Waals surface area contributed by atoms with Gasteiger partial charge in [-0.2, -0.15) is 5.10 Å². The number of carbonyl (C=O) groups is 1. The molecule has 0 aliphatic heterocycles. The quantitative estimate of drug-likeness (QED) is 0.435. The molecule has 0 bridgehead atoms. The summed E-state index contributed by atoms with van der Waals surface area (Å²) >= 11 is 0. The SMILES string of the molecule is COc1cccc(OC)c1OCn1ccc(C(=O)N(C)Cc2cn3ccccc3n2)n1. The van der Waals surface area contributed by atoms with Crippen molar-refractivity contribution in [1.82, 2.24) is 24.1 Å². The van der Waals surface area contributed by atoms with Crippen LogP contribution in [0.3, 0.4) is 0 Å². The Hall–Kier alpha value is -4.01. The Kier molecular flexibility index (Phi) is 5.74. The van der Waals surface area contributed by atoms with Gasteiger partial charge in [0.1, 0.15) is 5.65 Å². The van der Waals surface area contributed by atoms with E-state index in [1.807, 2.05) is 41.1 Å². The number of rotatable bonds is 8. The highest BCUT2D eigenvalue weighted by molar-refractivity contribution is 5.91. The van der Waals surface area contributed by atoms with Gasteiger partial charge < -0.3 is 23.5 Å². The molecule has 1 aromatic carbocycles. The van der Waals surface area contributed by atoms with Crippen LogP contribution in [-0.2, 0) is 13.3 Å². The Morgan fingerprint density at radius 2 is 1.81 bits per heavy atom. The number of hydrogen-bond donors (Lipinski definition) is 0. The Labute approximate surface area is 179 Å². The maximum absolute atomic E-state index is 12.8. The van der Waals surface area contributed by atoms with Gasteiger partial charge >= 0.3 is 0 Å². The summed E-state index contributed by atoms with van der Waals surface area (Å²) in [6.45, 7) is 0.475. The molecule has 0 unspecified atom stereocenters. The number of fused-ring (bicyclic) bond motifs is 1. The number of hydrogen-bond acceptors (Lipinski definition) is 6. The largest absolute Gasteiger partial charge is 0.493 e. The highest BCUT2D eigenvalue weighted by Gasteiger charge is 2.17. The average molecular weight is 421 g/mol. The second kappa shape index (κ2) is 8.78. The lowest BCUT2D eigenvalue weighted by Crippen LogP contribution is -2.27. The van der Waals surface area contributed by atoms with E-state index in [1.54, 1.807) is 50.6 Å². The van der Waals surface area contributed by atoms with Gasteiger partial charge in [0.15, 0.2) is 23.9 Å². The molecular weight excluding hydrogens is 398 g/mol. The normalized spacial score (nSPS) is 10.8. The van der Waals surface area contributed by atoms with Gasteiger partial charge in [0.2, 0.25) is 5.75 Å². The van der Waals surface area contributed by atoms with Gasteiger partial charge in [-0.05, 0) is 30.3 Å². The maximum Gasteiger partial charge on any atom is 0.274 e. The summed E-state index contributed by atoms with van der Waals surface area (Å²) in [4.78, 5) is 18.9. The first kappa shape index (κ1) is 20.3. The van der Waals surface area contributed by atoms with Crippen molar-refractivity contribution < 1.29 is 19.0 Å². The molecule has 4 rings (SSSR count). The highest BCUT2D eigenvalue weighted by atomic mass is 16.5. The molecule has 0 spiro atoms. The van der Waals surface area contributed by atoms with E-state index < -0.39 is 0 Å². The van der Waals surface area contributed by atoms with Gasteiger partial charge in [0.05, 0.1) is 26.5 Å². The van der Waals surface area contributed by atoms with Crippen molar-refractivity contribution in [1.29, 1.82) is 0 Å². The fraction of sp³-hybridized carbons (Fsp3) is 0.227. The predicted molar refractivity (Wildman–Crippen MR) is 113 cm³/mol. The Morgan fingerprint density at radius 1 is 1.03 bits per heavy atom. The van der Waals surface area contributed by atoms with Gasteiger partial charge in [-0.1, -0.05) is 12.1 Å². The Bertz CT molecular complexity index is 1140. The molecule has 0 radical (unpaired) electrons. The minimum atomic E-state index is -0.203. The molecular formula is C22H23N5O4. The van der Waals surface area contributed by atoms with Crippen molar-refractivity contribution >= 4 is 11.6 Å². The van der Waals surface area contributed by atoms with Gasteiger partial charge in [-0.25, -0.2) is 9.67 Å². The summed E-state index contributed by atoms with van der Waals surface area (Å²) in [6, 6.07) is 12.8. The monoisotopic (exact) mass is 421 g/mol. The van der Waals surface area contributed by atoms with Crippen LogP contribution in [0.5, 0.6) is 17.2 Å². The third-order valence-electron chi connectivity index (χ3n) is 4.74. The third kappa shape index (κ3) is 4.30. The molecule has 0 atom stereocenters. The molecule has 4 aromatic rings. The van der Waals surface area contributed by atoms with E-state index in [-0.39, 0.29) is 12.6 Å². The number of para-hydroxylation sites is 1. The lowest BCUT2D eigenvalue weighted by molar-refractivity contribution is 0.0775. The lowest BCUT2D eigenvalue weighted by atomic mass is 10.3. The molecule has 160 valence electrons. The summed E-state index contributed by atoms with van der Waals surface area (Å²) in [5.74, 6) is 1.37. The summed E-state index contributed by atoms with van der Waals surface area (Å²) in [7, 11) is 4.85. The maximum atomic E-state index is 12.8. The first-order valence-electron chi connectivity index (χ1n) is 9.64. The van der Waals surface area contributed by atoms with Crippen molar-refractivity contribution in [3.63, 3.8) is 0 Å². The Balaban J connectivity index is 1.41. The number of aromatic nitrogens is 4. The molecule has 3 heterocycles. The van der Waals surface area contributed by atoms with Crippen LogP contribution in [0.4, 0.5) is 0 Å². The zero-order valence-electron chi connectivity index (χ0n) is 17.6. The molecule has 0 N–H and O–H groups in total. The molecule has 0 aliphatic carbocycles. The molecule has 0 saturated carbocycles. The van der Waals surface area contributed by atoms with E-state index in [1.165, 1.54) is 4.68 Å². The number of carbonyl (C=O) groups excluding carboxylic acids is 1. The van der Waals surface area contributed by atoms with Crippen molar-refractivity contribution in [3.05, 3.63) is 72.4 Å². The molecule has 9 nitrogen and oxygen atoms in total. The highest BCUT2D eigenvalue weighted by Crippen LogP contribution is 2.36. The standard InChI is InChI=1S/C22H23N5O4/c1-25(13-16-14-26-11-5-4-9-20(26)23-16)22(28)17-10-12-27(24-17)15-31-21-18(29-2)7-6-8-19(21)30-3/h4-12,14H,13,15H2,1-3H3. The van der Waals surface area contributed by atoms with Crippen molar-refractivity contribution in [3.8, 4) is 17.2 Å². The van der Waals surface area contributed by atoms with Crippen LogP contribution in [-0.4, -0.2) is 51.2 Å². The molecule has 0 fully saturated rings. The zero-order valence-corrected chi connectivity index (χ0v) is 17.6. The predicted octanol–water partition coefficient (Wildman–Crippen LogP) is 2.86. The average Bonchev–Trinajstić information content (AvgIpc) is 3.43. The van der Waals surface area contributed by atoms with E-state index in [4.69, 9.17) is 14.2 Å². The fourth-order valence-electron chi connectivity index (χ4n) is 3.21.